The fourth-order valence-electron chi connectivity index (χ4n) is 1.26. The molecule has 0 aliphatic rings. The molecule has 0 bridgehead atoms. The van der Waals surface area contributed by atoms with E-state index >= 15 is 0 Å². The molecular weight excluding hydrogens is 253 g/mol. The Labute approximate surface area is 101 Å². The zero-order chi connectivity index (χ0) is 10.8. The van der Waals surface area contributed by atoms with Gasteiger partial charge in [0.1, 0.15) is 0 Å². The molecule has 2 rings (SSSR count). The van der Waals surface area contributed by atoms with Crippen molar-refractivity contribution in [2.45, 2.75) is 12.8 Å². The summed E-state index contributed by atoms with van der Waals surface area (Å²) in [7, 11) is 0. The molecule has 0 atom stereocenters. The first-order valence-corrected chi connectivity index (χ1v) is 5.96. The van der Waals surface area contributed by atoms with Gasteiger partial charge in [0.25, 0.3) is 0 Å². The molecule has 5 heteroatoms. The van der Waals surface area contributed by atoms with Gasteiger partial charge in [-0.25, -0.2) is 4.98 Å². The third-order valence-electron chi connectivity index (χ3n) is 1.93. The van der Waals surface area contributed by atoms with Crippen LogP contribution in [-0.2, 0) is 11.2 Å². The fourth-order valence-corrected chi connectivity index (χ4v) is 2.60. The van der Waals surface area contributed by atoms with Gasteiger partial charge in [0.05, 0.1) is 15.2 Å². The number of halogens is 2. The lowest BCUT2D eigenvalue weighted by Gasteiger charge is -1.88. The second-order valence-corrected chi connectivity index (χ2v) is 5.05. The smallest absolute Gasteiger partial charge is 0.222 e. The maximum absolute atomic E-state index is 10.6. The predicted molar refractivity (Wildman–Crippen MR) is 63.8 cm³/mol. The number of benzene rings is 1. The number of hydrogen-bond acceptors (Lipinski definition) is 3. The van der Waals surface area contributed by atoms with Crippen LogP contribution in [0.1, 0.15) is 11.4 Å². The third-order valence-corrected chi connectivity index (χ3v) is 3.43. The summed E-state index contributed by atoms with van der Waals surface area (Å²) in [5.74, 6) is 0. The lowest BCUT2D eigenvalue weighted by Crippen LogP contribution is -1.90. The van der Waals surface area contributed by atoms with Gasteiger partial charge in [-0.2, -0.15) is 0 Å². The topological polar surface area (TPSA) is 30.0 Å². The minimum absolute atomic E-state index is 0.327. The van der Waals surface area contributed by atoms with E-state index in [4.69, 9.17) is 23.2 Å². The minimum Gasteiger partial charge on any atom is -0.281 e. The molecule has 1 heterocycles. The van der Waals surface area contributed by atoms with E-state index in [1.807, 2.05) is 12.1 Å². The van der Waals surface area contributed by atoms with Crippen LogP contribution in [0.3, 0.4) is 0 Å². The van der Waals surface area contributed by atoms with Gasteiger partial charge in [-0.15, -0.1) is 11.3 Å². The predicted octanol–water partition coefficient (Wildman–Crippen LogP) is 3.65. The quantitative estimate of drug-likeness (QED) is 0.788. The maximum Gasteiger partial charge on any atom is 0.222 e. The van der Waals surface area contributed by atoms with Gasteiger partial charge < -0.3 is 0 Å². The second kappa shape index (κ2) is 4.47. The lowest BCUT2D eigenvalue weighted by molar-refractivity contribution is -0.111. The van der Waals surface area contributed by atoms with Crippen LogP contribution in [0.4, 0.5) is 0 Å². The molecule has 0 aliphatic heterocycles. The number of fused-ring (bicyclic) bond motifs is 1. The summed E-state index contributed by atoms with van der Waals surface area (Å²) in [6.45, 7) is 0. The molecule has 0 saturated carbocycles. The Bertz CT molecular complexity index is 509. The zero-order valence-electron chi connectivity index (χ0n) is 7.67. The number of hydrogen-bond donors (Lipinski definition) is 0. The van der Waals surface area contributed by atoms with E-state index < -0.39 is 0 Å². The Morgan fingerprint density at radius 3 is 3.00 bits per heavy atom. The molecule has 0 unspecified atom stereocenters. The molecule has 0 fully saturated rings. The summed E-state index contributed by atoms with van der Waals surface area (Å²) in [5, 5.41) is 1.29. The summed E-state index contributed by atoms with van der Waals surface area (Å²) >= 11 is 12.7. The largest absolute Gasteiger partial charge is 0.281 e. The summed E-state index contributed by atoms with van der Waals surface area (Å²) < 4.78 is 1.04. The van der Waals surface area contributed by atoms with Crippen molar-refractivity contribution in [3.8, 4) is 0 Å². The molecule has 1 aromatic carbocycles. The molecule has 0 aliphatic carbocycles. The van der Waals surface area contributed by atoms with Gasteiger partial charge in [0, 0.05) is 17.9 Å². The Kier molecular flexibility index (Phi) is 3.24. The van der Waals surface area contributed by atoms with Crippen molar-refractivity contribution >= 4 is 50.0 Å². The van der Waals surface area contributed by atoms with Gasteiger partial charge in [0.15, 0.2) is 0 Å². The van der Waals surface area contributed by atoms with E-state index in [1.54, 1.807) is 17.4 Å². The van der Waals surface area contributed by atoms with Crippen LogP contribution < -0.4 is 0 Å². The van der Waals surface area contributed by atoms with Gasteiger partial charge in [-0.05, 0) is 29.8 Å². The molecule has 2 aromatic rings. The van der Waals surface area contributed by atoms with E-state index in [9.17, 15) is 4.79 Å². The van der Waals surface area contributed by atoms with Crippen molar-refractivity contribution in [2.75, 3.05) is 0 Å². The standard InChI is InChI=1S/C10H7Cl2NOS/c11-6-1-2-7-8(5-6)15-10(13-7)4-3-9(12)14/h1-2,5H,3-4H2. The molecule has 0 amide bonds. The first kappa shape index (κ1) is 10.9. The van der Waals surface area contributed by atoms with Gasteiger partial charge in [-0.3, -0.25) is 4.79 Å². The highest BCUT2D eigenvalue weighted by Gasteiger charge is 2.05. The SMILES string of the molecule is O=C(Cl)CCc1nc2ccc(Cl)cc2s1. The summed E-state index contributed by atoms with van der Waals surface area (Å²) in [6.07, 6.45) is 0.925. The van der Waals surface area contributed by atoms with Crippen molar-refractivity contribution in [3.63, 3.8) is 0 Å². The Balaban J connectivity index is 2.27. The molecule has 0 radical (unpaired) electrons. The van der Waals surface area contributed by atoms with E-state index in [1.165, 1.54) is 0 Å². The molecule has 1 aromatic heterocycles. The van der Waals surface area contributed by atoms with Crippen molar-refractivity contribution in [1.82, 2.24) is 4.98 Å². The molecule has 0 spiro atoms. The number of thiazole rings is 1. The number of aryl methyl sites for hydroxylation is 1. The summed E-state index contributed by atoms with van der Waals surface area (Å²) in [4.78, 5) is 15.0. The highest BCUT2D eigenvalue weighted by atomic mass is 35.5. The Hall–Kier alpha value is -0.640. The highest BCUT2D eigenvalue weighted by molar-refractivity contribution is 7.18. The van der Waals surface area contributed by atoms with E-state index in [2.05, 4.69) is 4.98 Å². The van der Waals surface area contributed by atoms with Crippen LogP contribution >= 0.6 is 34.5 Å². The van der Waals surface area contributed by atoms with Crippen LogP contribution in [0, 0.1) is 0 Å². The van der Waals surface area contributed by atoms with E-state index in [-0.39, 0.29) is 5.24 Å². The first-order valence-electron chi connectivity index (χ1n) is 4.38. The average Bonchev–Trinajstić information content (AvgIpc) is 2.56. The fraction of sp³-hybridized carbons (Fsp3) is 0.200. The van der Waals surface area contributed by atoms with Crippen molar-refractivity contribution in [1.29, 1.82) is 0 Å². The van der Waals surface area contributed by atoms with Crippen LogP contribution in [-0.4, -0.2) is 10.2 Å². The number of nitrogens with zero attached hydrogens (tertiary/aromatic N) is 1. The molecular formula is C10H7Cl2NOS. The second-order valence-electron chi connectivity index (χ2n) is 3.07. The monoisotopic (exact) mass is 259 g/mol. The van der Waals surface area contributed by atoms with E-state index in [0.29, 0.717) is 17.9 Å². The van der Waals surface area contributed by atoms with Crippen LogP contribution in [0.25, 0.3) is 10.2 Å². The van der Waals surface area contributed by atoms with Crippen molar-refractivity contribution in [2.24, 2.45) is 0 Å². The maximum atomic E-state index is 10.6. The molecule has 15 heavy (non-hydrogen) atoms. The summed E-state index contributed by atoms with van der Waals surface area (Å²) in [5.41, 5.74) is 0.918. The number of carbonyl (C=O) groups excluding carboxylic acids is 1. The average molecular weight is 260 g/mol. The number of aromatic nitrogens is 1. The van der Waals surface area contributed by atoms with E-state index in [0.717, 1.165) is 15.2 Å². The minimum atomic E-state index is -0.327. The molecule has 0 saturated heterocycles. The van der Waals surface area contributed by atoms with Crippen LogP contribution in [0.15, 0.2) is 18.2 Å². The number of rotatable bonds is 3. The zero-order valence-corrected chi connectivity index (χ0v) is 9.99. The van der Waals surface area contributed by atoms with Crippen molar-refractivity contribution in [3.05, 3.63) is 28.2 Å². The Morgan fingerprint density at radius 1 is 1.47 bits per heavy atom. The molecule has 2 nitrogen and oxygen atoms in total. The van der Waals surface area contributed by atoms with Crippen LogP contribution in [0.2, 0.25) is 5.02 Å². The third kappa shape index (κ3) is 2.68. The lowest BCUT2D eigenvalue weighted by atomic mass is 10.3. The van der Waals surface area contributed by atoms with Gasteiger partial charge in [0.2, 0.25) is 5.24 Å². The summed E-state index contributed by atoms with van der Waals surface area (Å²) in [6, 6.07) is 5.56. The molecule has 78 valence electrons. The highest BCUT2D eigenvalue weighted by Crippen LogP contribution is 2.25. The van der Waals surface area contributed by atoms with Gasteiger partial charge in [-0.1, -0.05) is 11.6 Å². The van der Waals surface area contributed by atoms with Crippen LogP contribution in [0.5, 0.6) is 0 Å². The molecule has 0 N–H and O–H groups in total. The van der Waals surface area contributed by atoms with Gasteiger partial charge >= 0.3 is 0 Å². The number of carbonyl (C=O) groups is 1. The van der Waals surface area contributed by atoms with Crippen molar-refractivity contribution < 1.29 is 4.79 Å². The first-order chi connectivity index (χ1) is 7.15. The Morgan fingerprint density at radius 2 is 2.27 bits per heavy atom. The normalized spacial score (nSPS) is 10.8.